The number of hydrogen-bond donors (Lipinski definition) is 1. The molecule has 1 unspecified atom stereocenters. The number of nitro benzene ring substituents is 1. The topological polar surface area (TPSA) is 103 Å². The molecule has 2 aromatic carbocycles. The maximum atomic E-state index is 12.9. The Hall–Kier alpha value is -3.81. The lowest BCUT2D eigenvalue weighted by Crippen LogP contribution is -2.31. The van der Waals surface area contributed by atoms with Gasteiger partial charge in [-0.1, -0.05) is 12.1 Å². The first kappa shape index (κ1) is 19.2. The summed E-state index contributed by atoms with van der Waals surface area (Å²) in [4.78, 5) is 28.3. The lowest BCUT2D eigenvalue weighted by Gasteiger charge is -2.32. The minimum Gasteiger partial charge on any atom is -0.328 e. The first-order valence-corrected chi connectivity index (χ1v) is 10.2. The van der Waals surface area contributed by atoms with Crippen molar-refractivity contribution in [3.8, 4) is 11.4 Å². The molecule has 0 bridgehead atoms. The smallest absolute Gasteiger partial charge is 0.269 e. The van der Waals surface area contributed by atoms with Crippen molar-refractivity contribution in [2.75, 3.05) is 5.32 Å². The quantitative estimate of drug-likeness (QED) is 0.499. The van der Waals surface area contributed by atoms with Crippen LogP contribution in [-0.2, 0) is 4.79 Å². The highest BCUT2D eigenvalue weighted by atomic mass is 16.6. The number of carbonyl (C=O) groups excluding carboxylic acids is 1. The highest BCUT2D eigenvalue weighted by molar-refractivity contribution is 5.99. The summed E-state index contributed by atoms with van der Waals surface area (Å²) in [6.45, 7) is 4.10. The summed E-state index contributed by atoms with van der Waals surface area (Å²) in [6.07, 6.45) is 2.03. The number of nitrogens with zero attached hydrogens (tertiary/aromatic N) is 4. The van der Waals surface area contributed by atoms with Gasteiger partial charge in [0.05, 0.1) is 4.92 Å². The van der Waals surface area contributed by atoms with Crippen molar-refractivity contribution >= 4 is 17.4 Å². The summed E-state index contributed by atoms with van der Waals surface area (Å²) in [5, 5.41) is 19.2. The van der Waals surface area contributed by atoms with Crippen LogP contribution in [0, 0.1) is 24.0 Å². The van der Waals surface area contributed by atoms with Gasteiger partial charge in [0.2, 0.25) is 5.95 Å². The summed E-state index contributed by atoms with van der Waals surface area (Å²) in [5.41, 5.74) is 5.56. The van der Waals surface area contributed by atoms with E-state index >= 15 is 0 Å². The number of nitrogens with one attached hydrogen (secondary N) is 1. The molecule has 0 amide bonds. The molecule has 156 valence electrons. The minimum atomic E-state index is -0.465. The van der Waals surface area contributed by atoms with Gasteiger partial charge in [-0.15, -0.1) is 5.10 Å². The van der Waals surface area contributed by atoms with E-state index in [1.165, 1.54) is 17.7 Å². The van der Waals surface area contributed by atoms with Gasteiger partial charge in [-0.3, -0.25) is 14.9 Å². The third-order valence-electron chi connectivity index (χ3n) is 6.05. The van der Waals surface area contributed by atoms with Crippen LogP contribution in [-0.4, -0.2) is 25.5 Å². The Morgan fingerprint density at radius 2 is 1.87 bits per heavy atom. The first-order valence-electron chi connectivity index (χ1n) is 10.2. The van der Waals surface area contributed by atoms with Crippen molar-refractivity contribution in [2.24, 2.45) is 0 Å². The summed E-state index contributed by atoms with van der Waals surface area (Å²) >= 11 is 0. The van der Waals surface area contributed by atoms with Crippen molar-refractivity contribution in [3.63, 3.8) is 0 Å². The second-order valence-electron chi connectivity index (χ2n) is 8.05. The van der Waals surface area contributed by atoms with Crippen molar-refractivity contribution in [2.45, 2.75) is 39.2 Å². The van der Waals surface area contributed by atoms with Crippen molar-refractivity contribution in [1.29, 1.82) is 0 Å². The average molecular weight is 415 g/mol. The van der Waals surface area contributed by atoms with Crippen molar-refractivity contribution < 1.29 is 9.72 Å². The minimum absolute atomic E-state index is 0.0106. The number of rotatable bonds is 3. The predicted molar refractivity (Wildman–Crippen MR) is 116 cm³/mol. The van der Waals surface area contributed by atoms with Gasteiger partial charge in [0, 0.05) is 35.4 Å². The largest absolute Gasteiger partial charge is 0.328 e. The molecule has 5 rings (SSSR count). The number of fused-ring (bicyclic) bond motifs is 1. The molecule has 0 radical (unpaired) electrons. The number of non-ortho nitro benzene ring substituents is 1. The maximum absolute atomic E-state index is 12.9. The highest BCUT2D eigenvalue weighted by Crippen LogP contribution is 2.41. The number of hydrogen-bond acceptors (Lipinski definition) is 6. The van der Waals surface area contributed by atoms with Crippen molar-refractivity contribution in [3.05, 3.63) is 80.5 Å². The lowest BCUT2D eigenvalue weighted by atomic mass is 9.85. The van der Waals surface area contributed by atoms with Gasteiger partial charge < -0.3 is 5.32 Å². The zero-order valence-electron chi connectivity index (χ0n) is 17.3. The Morgan fingerprint density at radius 3 is 2.58 bits per heavy atom. The fourth-order valence-electron chi connectivity index (χ4n) is 4.25. The zero-order valence-corrected chi connectivity index (χ0v) is 17.3. The van der Waals surface area contributed by atoms with Crippen LogP contribution >= 0.6 is 0 Å². The van der Waals surface area contributed by atoms with Crippen LogP contribution < -0.4 is 5.32 Å². The van der Waals surface area contributed by atoms with Gasteiger partial charge >= 0.3 is 0 Å². The second-order valence-corrected chi connectivity index (χ2v) is 8.05. The summed E-state index contributed by atoms with van der Waals surface area (Å²) in [5.74, 6) is 1.22. The molecule has 8 heteroatoms. The second kappa shape index (κ2) is 7.16. The van der Waals surface area contributed by atoms with Crippen molar-refractivity contribution in [1.82, 2.24) is 14.8 Å². The fourth-order valence-corrected chi connectivity index (χ4v) is 4.25. The number of allylic oxidation sites excluding steroid dienone is 2. The number of ketones is 1. The van der Waals surface area contributed by atoms with Crippen LogP contribution in [0.4, 0.5) is 11.6 Å². The molecule has 1 aliphatic carbocycles. The Bertz CT molecular complexity index is 1260. The molecule has 2 aliphatic rings. The lowest BCUT2D eigenvalue weighted by molar-refractivity contribution is -0.384. The Labute approximate surface area is 178 Å². The number of aromatic nitrogens is 3. The normalized spacial score (nSPS) is 17.7. The van der Waals surface area contributed by atoms with Crippen LogP contribution in [0.25, 0.3) is 11.4 Å². The summed E-state index contributed by atoms with van der Waals surface area (Å²) in [7, 11) is 0. The van der Waals surface area contributed by atoms with E-state index in [2.05, 4.69) is 18.3 Å². The Balaban J connectivity index is 1.65. The van der Waals surface area contributed by atoms with E-state index in [0.29, 0.717) is 23.8 Å². The van der Waals surface area contributed by atoms with Gasteiger partial charge in [-0.25, -0.2) is 4.68 Å². The number of aryl methyl sites for hydroxylation is 2. The van der Waals surface area contributed by atoms with Crippen LogP contribution in [0.5, 0.6) is 0 Å². The molecule has 0 saturated heterocycles. The molecule has 2 heterocycles. The highest BCUT2D eigenvalue weighted by Gasteiger charge is 2.37. The molecule has 0 spiro atoms. The Morgan fingerprint density at radius 1 is 1.10 bits per heavy atom. The molecule has 1 aliphatic heterocycles. The van der Waals surface area contributed by atoms with Gasteiger partial charge in [-0.2, -0.15) is 4.98 Å². The van der Waals surface area contributed by atoms with E-state index in [0.717, 1.165) is 35.2 Å². The number of Topliss-reactive ketones (excluding diaryl/α,β-unsaturated/α-hetero) is 1. The summed E-state index contributed by atoms with van der Waals surface area (Å²) < 4.78 is 1.73. The third kappa shape index (κ3) is 3.20. The predicted octanol–water partition coefficient (Wildman–Crippen LogP) is 4.49. The van der Waals surface area contributed by atoms with E-state index in [-0.39, 0.29) is 11.5 Å². The van der Waals surface area contributed by atoms with Gasteiger partial charge in [0.1, 0.15) is 6.04 Å². The van der Waals surface area contributed by atoms with Gasteiger partial charge in [0.15, 0.2) is 11.6 Å². The number of benzene rings is 2. The van der Waals surface area contributed by atoms with Gasteiger partial charge in [-0.05, 0) is 61.6 Å². The van der Waals surface area contributed by atoms with Crippen LogP contribution in [0.1, 0.15) is 42.0 Å². The van der Waals surface area contributed by atoms with Gasteiger partial charge in [0.25, 0.3) is 5.69 Å². The number of anilines is 1. The molecule has 0 fully saturated rings. The molecule has 1 aromatic heterocycles. The van der Waals surface area contributed by atoms with E-state index in [1.807, 2.05) is 19.1 Å². The first-order chi connectivity index (χ1) is 14.9. The van der Waals surface area contributed by atoms with E-state index in [1.54, 1.807) is 16.8 Å². The Kier molecular flexibility index (Phi) is 4.43. The van der Waals surface area contributed by atoms with Crippen LogP contribution in [0.3, 0.4) is 0 Å². The molecule has 3 aromatic rings. The molecular formula is C23H21N5O3. The molecule has 31 heavy (non-hydrogen) atoms. The van der Waals surface area contributed by atoms with E-state index in [9.17, 15) is 14.9 Å². The SMILES string of the molecule is Cc1ccc(-c2nc3n(n2)C(c2ccc([N+](=O)[O-])cc2)C2=C(CCCC2=O)N3)cc1C. The average Bonchev–Trinajstić information content (AvgIpc) is 3.18. The molecule has 1 N–H and O–H groups in total. The standard InChI is InChI=1S/C23H21N5O3/c1-13-6-7-16(12-14(13)2)22-25-23-24-18-4-3-5-19(29)20(18)21(27(23)26-22)15-8-10-17(11-9-15)28(30)31/h6-12,21H,3-5H2,1-2H3,(H,24,25,26). The van der Waals surface area contributed by atoms with Crippen LogP contribution in [0.2, 0.25) is 0 Å². The summed E-state index contributed by atoms with van der Waals surface area (Å²) in [6, 6.07) is 11.9. The fraction of sp³-hybridized carbons (Fsp3) is 0.261. The number of nitro groups is 1. The molecule has 0 saturated carbocycles. The molecular weight excluding hydrogens is 394 g/mol. The van der Waals surface area contributed by atoms with Crippen LogP contribution in [0.15, 0.2) is 53.7 Å². The monoisotopic (exact) mass is 415 g/mol. The molecule has 8 nitrogen and oxygen atoms in total. The molecule has 1 atom stereocenters. The third-order valence-corrected chi connectivity index (χ3v) is 6.05. The zero-order chi connectivity index (χ0) is 21.7. The number of carbonyl (C=O) groups is 1. The van der Waals surface area contributed by atoms with E-state index in [4.69, 9.17) is 10.1 Å². The maximum Gasteiger partial charge on any atom is 0.269 e. The van der Waals surface area contributed by atoms with E-state index < -0.39 is 11.0 Å².